The number of methoxy groups -OCH3 is 1. The van der Waals surface area contributed by atoms with E-state index in [1.54, 1.807) is 18.2 Å². The second kappa shape index (κ2) is 14.0. The summed E-state index contributed by atoms with van der Waals surface area (Å²) in [7, 11) is 1.36. The van der Waals surface area contributed by atoms with E-state index in [-0.39, 0.29) is 17.3 Å². The van der Waals surface area contributed by atoms with Crippen LogP contribution in [0.1, 0.15) is 78.7 Å². The molecule has 1 aromatic heterocycles. The molecule has 0 saturated heterocycles. The lowest BCUT2D eigenvalue weighted by Crippen LogP contribution is -2.37. The maximum absolute atomic E-state index is 11.8. The quantitative estimate of drug-likeness (QED) is 0.105. The number of esters is 1. The first-order valence-electron chi connectivity index (χ1n) is 13.4. The number of allylic oxidation sites excluding steroid dienone is 4. The van der Waals surface area contributed by atoms with Crippen molar-refractivity contribution in [2.24, 2.45) is 4.99 Å². The smallest absolute Gasteiger partial charge is 0.337 e. The van der Waals surface area contributed by atoms with Gasteiger partial charge in [0.1, 0.15) is 5.76 Å². The summed E-state index contributed by atoms with van der Waals surface area (Å²) in [4.78, 5) is 17.1. The summed E-state index contributed by atoms with van der Waals surface area (Å²) < 4.78 is 10.7. The van der Waals surface area contributed by atoms with E-state index in [4.69, 9.17) is 32.5 Å². The van der Waals surface area contributed by atoms with Gasteiger partial charge in [0.15, 0.2) is 0 Å². The van der Waals surface area contributed by atoms with Crippen molar-refractivity contribution in [1.29, 1.82) is 0 Å². The highest BCUT2D eigenvalue weighted by atomic mass is 35.5. The van der Waals surface area contributed by atoms with Gasteiger partial charge in [0, 0.05) is 46.3 Å². The topological polar surface area (TPSA) is 88.8 Å². The van der Waals surface area contributed by atoms with Gasteiger partial charge in [0.05, 0.1) is 35.3 Å². The van der Waals surface area contributed by atoms with Crippen molar-refractivity contribution in [3.63, 3.8) is 0 Å². The van der Waals surface area contributed by atoms with Gasteiger partial charge < -0.3 is 19.9 Å². The molecule has 0 aliphatic heterocycles. The van der Waals surface area contributed by atoms with Gasteiger partial charge in [0.25, 0.3) is 0 Å². The fourth-order valence-corrected chi connectivity index (χ4v) is 5.84. The molecule has 1 fully saturated rings. The monoisotopic (exact) mass is 590 g/mol. The van der Waals surface area contributed by atoms with Crippen LogP contribution in [0.3, 0.4) is 0 Å². The standard InChI is InChI=1S/C29H36Cl2N4O3S/c1-4-32-17(2)14-20(12-13-33-24-11-10-19(15-25(24)39)29(36)37-3)34-16-21-27(35-38-28(21)18-8-9-18)26-22(30)6-5-7-23(26)31/h5-7,10-11,13,15,17-18,20,22,26,32,34,39H,4,8-9,12,14,16H2,1-3H3/b33-13+. The van der Waals surface area contributed by atoms with Crippen LogP contribution in [0.25, 0.3) is 0 Å². The number of aliphatic imine (C=N–C) groups is 1. The van der Waals surface area contributed by atoms with Gasteiger partial charge in [-0.25, -0.2) is 4.79 Å². The van der Waals surface area contributed by atoms with Crippen molar-refractivity contribution in [3.05, 3.63) is 64.0 Å². The van der Waals surface area contributed by atoms with Gasteiger partial charge >= 0.3 is 5.97 Å². The van der Waals surface area contributed by atoms with E-state index >= 15 is 0 Å². The Hall–Kier alpha value is -2.10. The number of hydrogen-bond donors (Lipinski definition) is 3. The number of nitrogens with one attached hydrogen (secondary N) is 2. The number of halogens is 2. The first-order chi connectivity index (χ1) is 18.8. The highest BCUT2D eigenvalue weighted by molar-refractivity contribution is 7.80. The summed E-state index contributed by atoms with van der Waals surface area (Å²) in [5.41, 5.74) is 3.01. The molecule has 0 spiro atoms. The van der Waals surface area contributed by atoms with Crippen LogP contribution in [0.2, 0.25) is 0 Å². The number of benzene rings is 1. The summed E-state index contributed by atoms with van der Waals surface area (Å²) in [5.74, 6) is 0.718. The van der Waals surface area contributed by atoms with Crippen molar-refractivity contribution in [3.8, 4) is 0 Å². The number of alkyl halides is 1. The second-order valence-corrected chi connectivity index (χ2v) is 11.5. The molecule has 4 rings (SSSR count). The highest BCUT2D eigenvalue weighted by Crippen LogP contribution is 2.46. The molecule has 10 heteroatoms. The van der Waals surface area contributed by atoms with Crippen molar-refractivity contribution >= 4 is 53.7 Å². The molecule has 0 bridgehead atoms. The summed E-state index contributed by atoms with van der Waals surface area (Å²) in [6.45, 7) is 5.79. The van der Waals surface area contributed by atoms with E-state index in [9.17, 15) is 4.79 Å². The van der Waals surface area contributed by atoms with Gasteiger partial charge in [-0.15, -0.1) is 24.2 Å². The minimum atomic E-state index is -0.400. The molecule has 1 heterocycles. The van der Waals surface area contributed by atoms with Crippen molar-refractivity contribution in [2.45, 2.75) is 80.3 Å². The zero-order valence-electron chi connectivity index (χ0n) is 22.5. The number of carbonyl (C=O) groups is 1. The zero-order chi connectivity index (χ0) is 27.9. The molecular formula is C29H36Cl2N4O3S. The van der Waals surface area contributed by atoms with Gasteiger partial charge in [-0.3, -0.25) is 4.99 Å². The predicted molar refractivity (Wildman–Crippen MR) is 160 cm³/mol. The first kappa shape index (κ1) is 29.9. The molecule has 7 nitrogen and oxygen atoms in total. The second-order valence-electron chi connectivity index (χ2n) is 10.1. The van der Waals surface area contributed by atoms with E-state index in [0.717, 1.165) is 42.8 Å². The molecule has 2 aliphatic carbocycles. The van der Waals surface area contributed by atoms with Crippen molar-refractivity contribution in [2.75, 3.05) is 13.7 Å². The Morgan fingerprint density at radius 2 is 2.15 bits per heavy atom. The molecule has 4 atom stereocenters. The number of ether oxygens (including phenoxy) is 1. The Kier molecular flexibility index (Phi) is 10.7. The molecule has 4 unspecified atom stereocenters. The summed E-state index contributed by atoms with van der Waals surface area (Å²) in [6.07, 6.45) is 11.4. The van der Waals surface area contributed by atoms with Crippen LogP contribution in [-0.2, 0) is 11.3 Å². The molecule has 0 amide bonds. The van der Waals surface area contributed by atoms with E-state index in [1.165, 1.54) is 7.11 Å². The average molecular weight is 592 g/mol. The Morgan fingerprint density at radius 1 is 1.36 bits per heavy atom. The molecule has 210 valence electrons. The van der Waals surface area contributed by atoms with Crippen LogP contribution in [0.5, 0.6) is 0 Å². The third kappa shape index (κ3) is 7.76. The van der Waals surface area contributed by atoms with Crippen molar-refractivity contribution < 1.29 is 14.1 Å². The molecule has 2 aliphatic rings. The van der Waals surface area contributed by atoms with E-state index in [0.29, 0.717) is 46.1 Å². The van der Waals surface area contributed by atoms with Crippen LogP contribution in [-0.4, -0.2) is 48.5 Å². The lowest BCUT2D eigenvalue weighted by atomic mass is 9.92. The third-order valence-electron chi connectivity index (χ3n) is 7.03. The van der Waals surface area contributed by atoms with Crippen LogP contribution in [0.15, 0.2) is 55.9 Å². The average Bonchev–Trinajstić information content (AvgIpc) is 3.67. The minimum Gasteiger partial charge on any atom is -0.465 e. The summed E-state index contributed by atoms with van der Waals surface area (Å²) in [6, 6.07) is 5.59. The maximum Gasteiger partial charge on any atom is 0.337 e. The first-order valence-corrected chi connectivity index (χ1v) is 14.6. The summed E-state index contributed by atoms with van der Waals surface area (Å²) in [5, 5.41) is 12.1. The molecule has 2 aromatic rings. The summed E-state index contributed by atoms with van der Waals surface area (Å²) >= 11 is 17.8. The Bertz CT molecular complexity index is 1240. The van der Waals surface area contributed by atoms with Gasteiger partial charge in [0.2, 0.25) is 0 Å². The largest absolute Gasteiger partial charge is 0.465 e. The van der Waals surface area contributed by atoms with Crippen molar-refractivity contribution in [1.82, 2.24) is 15.8 Å². The molecule has 1 saturated carbocycles. The Balaban J connectivity index is 1.50. The number of carbonyl (C=O) groups excluding carboxylic acids is 1. The highest BCUT2D eigenvalue weighted by Gasteiger charge is 2.37. The normalized spacial score (nSPS) is 20.7. The van der Waals surface area contributed by atoms with Gasteiger partial charge in [-0.2, -0.15) is 0 Å². The Labute approximate surface area is 245 Å². The molecule has 39 heavy (non-hydrogen) atoms. The number of rotatable bonds is 13. The lowest BCUT2D eigenvalue weighted by Gasteiger charge is -2.24. The zero-order valence-corrected chi connectivity index (χ0v) is 24.9. The van der Waals surface area contributed by atoms with E-state index < -0.39 is 5.97 Å². The van der Waals surface area contributed by atoms with Gasteiger partial charge in [-0.05, 0) is 63.4 Å². The van der Waals surface area contributed by atoms with E-state index in [2.05, 4.69) is 47.3 Å². The molecular weight excluding hydrogens is 555 g/mol. The fourth-order valence-electron chi connectivity index (χ4n) is 4.85. The molecule has 2 N–H and O–H groups in total. The minimum absolute atomic E-state index is 0.138. The number of hydrogen-bond acceptors (Lipinski definition) is 8. The third-order valence-corrected chi connectivity index (χ3v) is 8.15. The van der Waals surface area contributed by atoms with Crippen LogP contribution < -0.4 is 10.6 Å². The number of thiol groups is 1. The van der Waals surface area contributed by atoms with Crippen LogP contribution in [0, 0.1) is 0 Å². The maximum atomic E-state index is 11.8. The predicted octanol–water partition coefficient (Wildman–Crippen LogP) is 6.65. The van der Waals surface area contributed by atoms with Crippen LogP contribution in [0.4, 0.5) is 5.69 Å². The molecule has 0 radical (unpaired) electrons. The lowest BCUT2D eigenvalue weighted by molar-refractivity contribution is 0.0600. The van der Waals surface area contributed by atoms with Crippen LogP contribution >= 0.6 is 35.8 Å². The number of nitrogens with zero attached hydrogens (tertiary/aromatic N) is 2. The Morgan fingerprint density at radius 3 is 2.82 bits per heavy atom. The SMILES string of the molecule is CCNC(C)CC(C/C=N/c1ccc(C(=O)OC)cc1S)NCc1c(C2C(Cl)=CC=CC2Cl)noc1C1CC1. The molecule has 1 aromatic carbocycles. The number of aromatic nitrogens is 1. The fraction of sp³-hybridized carbons (Fsp3) is 0.483. The van der Waals surface area contributed by atoms with E-state index in [1.807, 2.05) is 24.4 Å². The van der Waals surface area contributed by atoms with Gasteiger partial charge in [-0.1, -0.05) is 35.8 Å².